The Kier molecular flexibility index (Phi) is 10.4. The minimum Gasteiger partial charge on any atom is -0.352 e. The van der Waals surface area contributed by atoms with Crippen LogP contribution in [-0.4, -0.2) is 50.0 Å². The lowest BCUT2D eigenvalue weighted by molar-refractivity contribution is -0.140. The monoisotopic (exact) mass is 619 g/mol. The van der Waals surface area contributed by atoms with Crippen LogP contribution < -0.4 is 9.62 Å². The van der Waals surface area contributed by atoms with Gasteiger partial charge in [-0.2, -0.15) is 0 Å². The summed E-state index contributed by atoms with van der Waals surface area (Å²) in [7, 11) is -3.88. The molecule has 1 N–H and O–H groups in total. The number of carbonyl (C=O) groups is 2. The molecule has 0 aliphatic carbocycles. The van der Waals surface area contributed by atoms with Crippen molar-refractivity contribution in [1.82, 2.24) is 10.2 Å². The number of hydrogen-bond acceptors (Lipinski definition) is 4. The maximum atomic E-state index is 14.0. The fourth-order valence-corrected chi connectivity index (χ4v) is 5.61. The minimum absolute atomic E-state index is 0.0986. The third-order valence-corrected chi connectivity index (χ3v) is 7.68. The van der Waals surface area contributed by atoms with Gasteiger partial charge in [0.1, 0.15) is 12.6 Å². The molecule has 0 aliphatic rings. The fourth-order valence-electron chi connectivity index (χ4n) is 4.02. The number of benzene rings is 3. The van der Waals surface area contributed by atoms with Gasteiger partial charge in [0.05, 0.1) is 17.0 Å². The van der Waals surface area contributed by atoms with E-state index in [1.54, 1.807) is 24.3 Å². The summed E-state index contributed by atoms with van der Waals surface area (Å²) in [6.07, 6.45) is 1.28. The van der Waals surface area contributed by atoms with Gasteiger partial charge in [-0.25, -0.2) is 8.42 Å². The molecule has 0 unspecified atom stereocenters. The number of halogens is 2. The highest BCUT2D eigenvalue weighted by atomic mass is 79.9. The van der Waals surface area contributed by atoms with E-state index in [9.17, 15) is 18.0 Å². The number of anilines is 1. The lowest BCUT2D eigenvalue weighted by atomic mass is 10.0. The summed E-state index contributed by atoms with van der Waals surface area (Å²) in [6, 6.07) is 22.2. The number of nitrogens with one attached hydrogen (secondary N) is 1. The first kappa shape index (κ1) is 29.7. The van der Waals surface area contributed by atoms with E-state index in [2.05, 4.69) is 21.2 Å². The first-order valence-electron chi connectivity index (χ1n) is 12.1. The second-order valence-corrected chi connectivity index (χ2v) is 12.5. The minimum atomic E-state index is -3.88. The molecular formula is C28H31BrClN3O4S. The van der Waals surface area contributed by atoms with Crippen molar-refractivity contribution in [1.29, 1.82) is 0 Å². The van der Waals surface area contributed by atoms with Crippen LogP contribution in [0.1, 0.15) is 25.0 Å². The molecule has 1 atom stereocenters. The molecule has 3 aromatic carbocycles. The number of amides is 2. The van der Waals surface area contributed by atoms with Gasteiger partial charge in [0.15, 0.2) is 0 Å². The largest absolute Gasteiger partial charge is 0.352 e. The zero-order valence-electron chi connectivity index (χ0n) is 21.5. The van der Waals surface area contributed by atoms with E-state index in [1.807, 2.05) is 68.4 Å². The predicted molar refractivity (Wildman–Crippen MR) is 156 cm³/mol. The predicted octanol–water partition coefficient (Wildman–Crippen LogP) is 5.03. The Labute approximate surface area is 238 Å². The summed E-state index contributed by atoms with van der Waals surface area (Å²) in [5.41, 5.74) is 1.85. The Morgan fingerprint density at radius 1 is 0.947 bits per heavy atom. The molecule has 0 aromatic heterocycles. The molecule has 0 spiro atoms. The van der Waals surface area contributed by atoms with Crippen LogP contribution in [0, 0.1) is 0 Å². The van der Waals surface area contributed by atoms with E-state index >= 15 is 0 Å². The van der Waals surface area contributed by atoms with Crippen LogP contribution in [0.4, 0.5) is 5.69 Å². The van der Waals surface area contributed by atoms with Gasteiger partial charge in [0.25, 0.3) is 0 Å². The van der Waals surface area contributed by atoms with Crippen molar-refractivity contribution in [3.05, 3.63) is 99.5 Å². The summed E-state index contributed by atoms with van der Waals surface area (Å²) in [5, 5.41) is 3.12. The third kappa shape index (κ3) is 8.31. The molecule has 0 fully saturated rings. The zero-order valence-corrected chi connectivity index (χ0v) is 24.6. The molecule has 0 saturated carbocycles. The molecule has 202 valence electrons. The van der Waals surface area contributed by atoms with Crippen molar-refractivity contribution < 1.29 is 18.0 Å². The summed E-state index contributed by atoms with van der Waals surface area (Å²) >= 11 is 9.77. The number of para-hydroxylation sites is 1. The van der Waals surface area contributed by atoms with Gasteiger partial charge in [-0.15, -0.1) is 0 Å². The number of hydrogen-bond donors (Lipinski definition) is 1. The molecule has 0 saturated heterocycles. The number of nitrogens with zero attached hydrogens (tertiary/aromatic N) is 2. The van der Waals surface area contributed by atoms with Crippen molar-refractivity contribution in [2.75, 3.05) is 17.1 Å². The average Bonchev–Trinajstić information content (AvgIpc) is 2.84. The molecule has 0 aliphatic heterocycles. The van der Waals surface area contributed by atoms with Crippen LogP contribution in [0.3, 0.4) is 0 Å². The van der Waals surface area contributed by atoms with Crippen LogP contribution in [0.5, 0.6) is 0 Å². The number of carbonyl (C=O) groups excluding carboxylic acids is 2. The van der Waals surface area contributed by atoms with Gasteiger partial charge in [-0.05, 0) is 49.2 Å². The highest BCUT2D eigenvalue weighted by Gasteiger charge is 2.33. The van der Waals surface area contributed by atoms with Gasteiger partial charge in [-0.3, -0.25) is 13.9 Å². The van der Waals surface area contributed by atoms with Gasteiger partial charge >= 0.3 is 0 Å². The molecule has 38 heavy (non-hydrogen) atoms. The van der Waals surface area contributed by atoms with Crippen molar-refractivity contribution in [2.24, 2.45) is 0 Å². The molecule has 3 aromatic rings. The maximum Gasteiger partial charge on any atom is 0.244 e. The first-order chi connectivity index (χ1) is 18.0. The average molecular weight is 621 g/mol. The number of sulfonamides is 1. The van der Waals surface area contributed by atoms with Crippen LogP contribution >= 0.6 is 27.5 Å². The normalized spacial score (nSPS) is 12.2. The third-order valence-electron chi connectivity index (χ3n) is 5.74. The number of rotatable bonds is 11. The second-order valence-electron chi connectivity index (χ2n) is 9.24. The zero-order chi connectivity index (χ0) is 27.9. The van der Waals surface area contributed by atoms with Crippen molar-refractivity contribution in [3.8, 4) is 0 Å². The Balaban J connectivity index is 2.07. The molecule has 3 rings (SSSR count). The summed E-state index contributed by atoms with van der Waals surface area (Å²) < 4.78 is 27.4. The van der Waals surface area contributed by atoms with Crippen LogP contribution in [0.25, 0.3) is 0 Å². The molecule has 0 radical (unpaired) electrons. The standard InChI is InChI=1S/C28H31BrClN3O4S/c1-20(2)31-28(35)26(17-21-10-5-4-6-11-21)32(18-22-12-9-13-23(29)16-22)27(34)19-33(38(3,36)37)25-15-8-7-14-24(25)30/h4-16,20,26H,17-19H2,1-3H3,(H,31,35)/t26-/m1/s1. The molecule has 0 heterocycles. The van der Waals surface area contributed by atoms with E-state index in [-0.39, 0.29) is 35.6 Å². The molecule has 0 bridgehead atoms. The highest BCUT2D eigenvalue weighted by molar-refractivity contribution is 9.10. The Bertz CT molecular complexity index is 1370. The fraction of sp³-hybridized carbons (Fsp3) is 0.286. The topological polar surface area (TPSA) is 86.8 Å². The molecular weight excluding hydrogens is 590 g/mol. The van der Waals surface area contributed by atoms with Gasteiger partial charge in [-0.1, -0.05) is 82.1 Å². The molecule has 2 amide bonds. The lowest BCUT2D eigenvalue weighted by Gasteiger charge is -2.34. The summed E-state index contributed by atoms with van der Waals surface area (Å²) in [6.45, 7) is 3.28. The maximum absolute atomic E-state index is 14.0. The van der Waals surface area contributed by atoms with E-state index in [0.717, 1.165) is 26.2 Å². The Morgan fingerprint density at radius 3 is 2.18 bits per heavy atom. The van der Waals surface area contributed by atoms with Crippen LogP contribution in [0.15, 0.2) is 83.3 Å². The quantitative estimate of drug-likeness (QED) is 0.326. The van der Waals surface area contributed by atoms with Gasteiger partial charge < -0.3 is 10.2 Å². The van der Waals surface area contributed by atoms with Crippen molar-refractivity contribution in [3.63, 3.8) is 0 Å². The highest BCUT2D eigenvalue weighted by Crippen LogP contribution is 2.28. The van der Waals surface area contributed by atoms with E-state index in [1.165, 1.54) is 4.90 Å². The molecule has 10 heteroatoms. The van der Waals surface area contributed by atoms with Crippen LogP contribution in [-0.2, 0) is 32.6 Å². The van der Waals surface area contributed by atoms with Gasteiger partial charge in [0.2, 0.25) is 21.8 Å². The van der Waals surface area contributed by atoms with Crippen molar-refractivity contribution >= 4 is 55.1 Å². The molecule has 7 nitrogen and oxygen atoms in total. The lowest BCUT2D eigenvalue weighted by Crippen LogP contribution is -2.54. The van der Waals surface area contributed by atoms with E-state index in [4.69, 9.17) is 11.6 Å². The smallest absolute Gasteiger partial charge is 0.244 e. The van der Waals surface area contributed by atoms with Crippen LogP contribution in [0.2, 0.25) is 5.02 Å². The first-order valence-corrected chi connectivity index (χ1v) is 15.1. The SMILES string of the molecule is CC(C)NC(=O)[C@@H](Cc1ccccc1)N(Cc1cccc(Br)c1)C(=O)CN(c1ccccc1Cl)S(C)(=O)=O. The second kappa shape index (κ2) is 13.3. The Morgan fingerprint density at radius 2 is 1.58 bits per heavy atom. The summed E-state index contributed by atoms with van der Waals surface area (Å²) in [4.78, 5) is 28.9. The van der Waals surface area contributed by atoms with E-state index < -0.39 is 28.5 Å². The van der Waals surface area contributed by atoms with Crippen molar-refractivity contribution in [2.45, 2.75) is 38.9 Å². The summed E-state index contributed by atoms with van der Waals surface area (Å²) in [5.74, 6) is -0.856. The Hall–Kier alpha value is -2.88. The van der Waals surface area contributed by atoms with Gasteiger partial charge in [0, 0.05) is 23.5 Å². The van der Waals surface area contributed by atoms with E-state index in [0.29, 0.717) is 0 Å².